The summed E-state index contributed by atoms with van der Waals surface area (Å²) in [7, 11) is 1.37. The normalized spacial score (nSPS) is 11.0. The number of esters is 1. The van der Waals surface area contributed by atoms with Gasteiger partial charge in [-0.1, -0.05) is 66.9 Å². The molecule has 0 fully saturated rings. The summed E-state index contributed by atoms with van der Waals surface area (Å²) < 4.78 is 4.77. The van der Waals surface area contributed by atoms with Gasteiger partial charge in [-0.05, 0) is 24.6 Å². The summed E-state index contributed by atoms with van der Waals surface area (Å²) in [6.45, 7) is 6.25. The van der Waals surface area contributed by atoms with Gasteiger partial charge in [-0.2, -0.15) is 0 Å². The Morgan fingerprint density at radius 3 is 2.64 bits per heavy atom. The van der Waals surface area contributed by atoms with E-state index >= 15 is 0 Å². The summed E-state index contributed by atoms with van der Waals surface area (Å²) in [5.41, 5.74) is 5.48. The highest BCUT2D eigenvalue weighted by molar-refractivity contribution is 8.04. The Morgan fingerprint density at radius 1 is 1.20 bits per heavy atom. The number of nitrogens with one attached hydrogen (secondary N) is 1. The summed E-state index contributed by atoms with van der Waals surface area (Å²) in [5.74, 6) is -0.346. The van der Waals surface area contributed by atoms with Crippen LogP contribution in [0.25, 0.3) is 5.70 Å². The third kappa shape index (κ3) is 5.81. The van der Waals surface area contributed by atoms with Crippen molar-refractivity contribution in [2.75, 3.05) is 7.11 Å². The topological polar surface area (TPSA) is 47.6 Å². The molecule has 1 N–H and O–H groups in total. The Morgan fingerprint density at radius 2 is 1.96 bits per heavy atom. The number of thioether (sulfide) groups is 1. The molecule has 0 amide bonds. The second-order valence-corrected chi connectivity index (χ2v) is 6.24. The summed E-state index contributed by atoms with van der Waals surface area (Å²) in [6, 6.07) is 17.6. The van der Waals surface area contributed by atoms with Crippen LogP contribution in [0.1, 0.15) is 18.1 Å². The van der Waals surface area contributed by atoms with Gasteiger partial charge in [0.2, 0.25) is 0 Å². The molecule has 0 bridgehead atoms. The second kappa shape index (κ2) is 9.71. The van der Waals surface area contributed by atoms with Crippen molar-refractivity contribution in [3.8, 4) is 0 Å². The quantitative estimate of drug-likeness (QED) is 0.326. The lowest BCUT2D eigenvalue weighted by Crippen LogP contribution is -2.12. The van der Waals surface area contributed by atoms with E-state index in [9.17, 15) is 4.79 Å². The predicted octanol–water partition coefficient (Wildman–Crippen LogP) is 4.55. The van der Waals surface area contributed by atoms with Gasteiger partial charge in [-0.3, -0.25) is 10.3 Å². The lowest BCUT2D eigenvalue weighted by Gasteiger charge is -2.11. The third-order valence-corrected chi connectivity index (χ3v) is 4.45. The minimum atomic E-state index is -0.346. The van der Waals surface area contributed by atoms with Crippen molar-refractivity contribution >= 4 is 23.4 Å². The Balaban J connectivity index is 1.95. The maximum Gasteiger partial charge on any atom is 0.344 e. The molecule has 2 aromatic carbocycles. The van der Waals surface area contributed by atoms with Crippen molar-refractivity contribution in [3.63, 3.8) is 0 Å². The molecule has 0 saturated heterocycles. The molecule has 2 aromatic rings. The number of methoxy groups -OCH3 is 1. The van der Waals surface area contributed by atoms with Crippen molar-refractivity contribution in [2.24, 2.45) is 0 Å². The highest BCUT2D eigenvalue weighted by Gasteiger charge is 2.11. The zero-order valence-corrected chi connectivity index (χ0v) is 15.1. The van der Waals surface area contributed by atoms with Gasteiger partial charge < -0.3 is 4.74 Å². The zero-order chi connectivity index (χ0) is 18.1. The van der Waals surface area contributed by atoms with Crippen molar-refractivity contribution < 1.29 is 14.4 Å². The molecule has 0 aliphatic carbocycles. The van der Waals surface area contributed by atoms with Gasteiger partial charge in [0.05, 0.1) is 24.3 Å². The first-order chi connectivity index (χ1) is 12.1. The SMILES string of the molecule is C=C(NOCc1ccccc1)c1cccc(SC(=CC)C(=O)OC)c1. The fraction of sp³-hybridized carbons (Fsp3) is 0.150. The van der Waals surface area contributed by atoms with E-state index in [0.717, 1.165) is 16.0 Å². The molecule has 0 aromatic heterocycles. The van der Waals surface area contributed by atoms with Crippen molar-refractivity contribution in [1.82, 2.24) is 5.48 Å². The molecule has 25 heavy (non-hydrogen) atoms. The number of carbonyl (C=O) groups excluding carboxylic acids is 1. The molecule has 0 atom stereocenters. The Hall–Kier alpha value is -2.50. The van der Waals surface area contributed by atoms with Crippen LogP contribution in [0.15, 0.2) is 77.1 Å². The van der Waals surface area contributed by atoms with E-state index in [-0.39, 0.29) is 5.97 Å². The van der Waals surface area contributed by atoms with Gasteiger partial charge in [-0.25, -0.2) is 4.79 Å². The van der Waals surface area contributed by atoms with E-state index in [0.29, 0.717) is 17.2 Å². The molecule has 0 spiro atoms. The fourth-order valence-corrected chi connectivity index (χ4v) is 2.90. The van der Waals surface area contributed by atoms with Gasteiger partial charge in [0, 0.05) is 10.5 Å². The molecule has 0 radical (unpaired) electrons. The molecule has 0 aliphatic rings. The van der Waals surface area contributed by atoms with E-state index in [1.807, 2.05) is 54.6 Å². The zero-order valence-electron chi connectivity index (χ0n) is 14.3. The maximum absolute atomic E-state index is 11.7. The first-order valence-corrected chi connectivity index (χ1v) is 8.59. The van der Waals surface area contributed by atoms with Crippen molar-refractivity contribution in [2.45, 2.75) is 18.4 Å². The van der Waals surface area contributed by atoms with Gasteiger partial charge in [-0.15, -0.1) is 0 Å². The molecule has 0 unspecified atom stereocenters. The molecule has 5 heteroatoms. The van der Waals surface area contributed by atoms with Gasteiger partial charge >= 0.3 is 5.97 Å². The molecule has 4 nitrogen and oxygen atoms in total. The Kier molecular flexibility index (Phi) is 7.32. The fourth-order valence-electron chi connectivity index (χ4n) is 2.03. The molecular formula is C20H21NO3S. The molecule has 0 aliphatic heterocycles. The number of rotatable bonds is 8. The van der Waals surface area contributed by atoms with E-state index in [1.165, 1.54) is 18.9 Å². The van der Waals surface area contributed by atoms with Crippen LogP contribution in [0.5, 0.6) is 0 Å². The van der Waals surface area contributed by atoms with Crippen molar-refractivity contribution in [1.29, 1.82) is 0 Å². The lowest BCUT2D eigenvalue weighted by molar-refractivity contribution is -0.135. The monoisotopic (exact) mass is 355 g/mol. The molecule has 0 heterocycles. The highest BCUT2D eigenvalue weighted by atomic mass is 32.2. The van der Waals surface area contributed by atoms with Crippen LogP contribution in [0.2, 0.25) is 0 Å². The number of hydroxylamine groups is 1. The number of carbonyl (C=O) groups is 1. The molecule has 0 saturated carbocycles. The number of allylic oxidation sites excluding steroid dienone is 1. The maximum atomic E-state index is 11.7. The number of ether oxygens (including phenoxy) is 1. The Labute approximate surface area is 152 Å². The number of hydrogen-bond acceptors (Lipinski definition) is 5. The van der Waals surface area contributed by atoms with Gasteiger partial charge in [0.25, 0.3) is 0 Å². The largest absolute Gasteiger partial charge is 0.465 e. The summed E-state index contributed by atoms with van der Waals surface area (Å²) in [5, 5.41) is 0. The molecule has 2 rings (SSSR count). The minimum Gasteiger partial charge on any atom is -0.465 e. The summed E-state index contributed by atoms with van der Waals surface area (Å²) >= 11 is 1.35. The molecule has 130 valence electrons. The van der Waals surface area contributed by atoms with Gasteiger partial charge in [0.1, 0.15) is 0 Å². The van der Waals surface area contributed by atoms with Crippen LogP contribution in [-0.4, -0.2) is 13.1 Å². The van der Waals surface area contributed by atoms with Crippen molar-refractivity contribution in [3.05, 3.63) is 83.3 Å². The van der Waals surface area contributed by atoms with E-state index in [1.54, 1.807) is 13.0 Å². The van der Waals surface area contributed by atoms with Crippen LogP contribution >= 0.6 is 11.8 Å². The van der Waals surface area contributed by atoms with Gasteiger partial charge in [0.15, 0.2) is 0 Å². The highest BCUT2D eigenvalue weighted by Crippen LogP contribution is 2.29. The smallest absolute Gasteiger partial charge is 0.344 e. The number of hydrogen-bond donors (Lipinski definition) is 1. The van der Waals surface area contributed by atoms with Crippen LogP contribution in [0.4, 0.5) is 0 Å². The first-order valence-electron chi connectivity index (χ1n) is 7.77. The number of benzene rings is 2. The van der Waals surface area contributed by atoms with E-state index in [4.69, 9.17) is 9.57 Å². The summed E-state index contributed by atoms with van der Waals surface area (Å²) in [6.07, 6.45) is 1.74. The van der Waals surface area contributed by atoms with Crippen LogP contribution in [0.3, 0.4) is 0 Å². The Bertz CT molecular complexity index is 757. The van der Waals surface area contributed by atoms with Crippen LogP contribution < -0.4 is 5.48 Å². The van der Waals surface area contributed by atoms with E-state index < -0.39 is 0 Å². The average molecular weight is 355 g/mol. The average Bonchev–Trinajstić information content (AvgIpc) is 2.66. The predicted molar refractivity (Wildman–Crippen MR) is 101 cm³/mol. The second-order valence-electron chi connectivity index (χ2n) is 5.13. The lowest BCUT2D eigenvalue weighted by atomic mass is 10.2. The van der Waals surface area contributed by atoms with E-state index in [2.05, 4.69) is 12.1 Å². The molecular weight excluding hydrogens is 334 g/mol. The standard InChI is InChI=1S/C20H21NO3S/c1-4-19(20(22)23-3)25-18-12-8-11-17(13-18)15(2)21-24-14-16-9-6-5-7-10-16/h4-13,21H,2,14H2,1,3H3. The minimum absolute atomic E-state index is 0.346. The third-order valence-electron chi connectivity index (χ3n) is 3.34. The first kappa shape index (κ1) is 18.8. The van der Waals surface area contributed by atoms with Crippen LogP contribution in [0, 0.1) is 0 Å². The summed E-state index contributed by atoms with van der Waals surface area (Å²) in [4.78, 5) is 18.6. The van der Waals surface area contributed by atoms with Crippen LogP contribution in [-0.2, 0) is 21.0 Å².